The molecule has 0 radical (unpaired) electrons. The van der Waals surface area contributed by atoms with Crippen molar-refractivity contribution in [2.24, 2.45) is 0 Å². The molecule has 0 saturated carbocycles. The van der Waals surface area contributed by atoms with Gasteiger partial charge in [0.1, 0.15) is 11.0 Å². The van der Waals surface area contributed by atoms with Crippen molar-refractivity contribution in [1.82, 2.24) is 9.55 Å². The van der Waals surface area contributed by atoms with Gasteiger partial charge < -0.3 is 4.90 Å². The van der Waals surface area contributed by atoms with Crippen molar-refractivity contribution < 1.29 is 0 Å². The van der Waals surface area contributed by atoms with Gasteiger partial charge in [0.05, 0.1) is 12.1 Å². The number of hydrogen-bond donors (Lipinski definition) is 0. The van der Waals surface area contributed by atoms with E-state index in [0.717, 1.165) is 25.3 Å². The number of aromatic nitrogens is 2. The van der Waals surface area contributed by atoms with Crippen LogP contribution in [0.4, 0.5) is 5.82 Å². The quantitative estimate of drug-likeness (QED) is 0.647. The van der Waals surface area contributed by atoms with E-state index in [9.17, 15) is 4.79 Å². The summed E-state index contributed by atoms with van der Waals surface area (Å²) in [6, 6.07) is 1.81. The number of halogens is 1. The highest BCUT2D eigenvalue weighted by Gasteiger charge is 2.42. The van der Waals surface area contributed by atoms with Crippen molar-refractivity contribution in [2.75, 3.05) is 11.4 Å². The highest BCUT2D eigenvalue weighted by atomic mass is 35.5. The van der Waals surface area contributed by atoms with Gasteiger partial charge in [-0.05, 0) is 26.2 Å². The molecule has 16 heavy (non-hydrogen) atoms. The standard InChI is InChI=1S/C11H14ClN3O/c1-11-4-2-3-5-15(11)9-6-8(12)13-10(16)14(9)7-11/h6H,2-5,7H2,1H3. The SMILES string of the molecule is CC12CCCCN1c1cc(Cl)nc(=O)n1C2. The third-order valence-electron chi connectivity index (χ3n) is 3.73. The second-order valence-corrected chi connectivity index (χ2v) is 5.30. The Bertz CT molecular complexity index is 498. The van der Waals surface area contributed by atoms with Gasteiger partial charge in [0.2, 0.25) is 0 Å². The van der Waals surface area contributed by atoms with E-state index in [4.69, 9.17) is 11.6 Å². The van der Waals surface area contributed by atoms with Crippen LogP contribution >= 0.6 is 11.6 Å². The lowest BCUT2D eigenvalue weighted by Crippen LogP contribution is -2.47. The Labute approximate surface area is 98.8 Å². The van der Waals surface area contributed by atoms with Gasteiger partial charge in [-0.1, -0.05) is 11.6 Å². The van der Waals surface area contributed by atoms with Crippen LogP contribution in [0.2, 0.25) is 5.15 Å². The molecule has 1 saturated heterocycles. The summed E-state index contributed by atoms with van der Waals surface area (Å²) in [6.45, 7) is 3.97. The number of piperidine rings is 1. The minimum atomic E-state index is -0.224. The summed E-state index contributed by atoms with van der Waals surface area (Å²) in [5.74, 6) is 0.937. The zero-order valence-electron chi connectivity index (χ0n) is 9.24. The molecule has 4 nitrogen and oxygen atoms in total. The molecule has 1 unspecified atom stereocenters. The first-order valence-corrected chi connectivity index (χ1v) is 6.03. The summed E-state index contributed by atoms with van der Waals surface area (Å²) in [4.78, 5) is 17.8. The van der Waals surface area contributed by atoms with Crippen LogP contribution in [0.3, 0.4) is 0 Å². The fraction of sp³-hybridized carbons (Fsp3) is 0.636. The molecule has 86 valence electrons. The molecule has 2 aliphatic rings. The largest absolute Gasteiger partial charge is 0.351 e. The highest BCUT2D eigenvalue weighted by Crippen LogP contribution is 2.39. The molecule has 0 N–H and O–H groups in total. The first-order valence-electron chi connectivity index (χ1n) is 5.65. The first kappa shape index (κ1) is 10.1. The zero-order valence-corrected chi connectivity index (χ0v) is 10.00. The van der Waals surface area contributed by atoms with Crippen LogP contribution in [0.5, 0.6) is 0 Å². The van der Waals surface area contributed by atoms with E-state index in [2.05, 4.69) is 16.8 Å². The van der Waals surface area contributed by atoms with Gasteiger partial charge in [-0.2, -0.15) is 4.98 Å². The van der Waals surface area contributed by atoms with Gasteiger partial charge in [0.25, 0.3) is 0 Å². The molecule has 1 atom stereocenters. The third kappa shape index (κ3) is 1.29. The molecule has 0 aromatic carbocycles. The number of rotatable bonds is 0. The molecule has 0 bridgehead atoms. The highest BCUT2D eigenvalue weighted by molar-refractivity contribution is 6.29. The second kappa shape index (κ2) is 3.23. The third-order valence-corrected chi connectivity index (χ3v) is 3.93. The lowest BCUT2D eigenvalue weighted by molar-refractivity contribution is 0.331. The van der Waals surface area contributed by atoms with E-state index in [1.54, 1.807) is 10.6 Å². The molecule has 0 aliphatic carbocycles. The predicted molar refractivity (Wildman–Crippen MR) is 63.1 cm³/mol. The molecule has 1 fully saturated rings. The minimum absolute atomic E-state index is 0.0801. The summed E-state index contributed by atoms with van der Waals surface area (Å²) in [7, 11) is 0. The summed E-state index contributed by atoms with van der Waals surface area (Å²) < 4.78 is 1.75. The van der Waals surface area contributed by atoms with Crippen molar-refractivity contribution in [3.63, 3.8) is 0 Å². The Morgan fingerprint density at radius 1 is 1.50 bits per heavy atom. The molecule has 3 heterocycles. The Kier molecular flexibility index (Phi) is 2.05. The van der Waals surface area contributed by atoms with E-state index >= 15 is 0 Å². The van der Waals surface area contributed by atoms with E-state index < -0.39 is 0 Å². The maximum Gasteiger partial charge on any atom is 0.350 e. The van der Waals surface area contributed by atoms with Crippen LogP contribution in [0.25, 0.3) is 0 Å². The van der Waals surface area contributed by atoms with Gasteiger partial charge >= 0.3 is 5.69 Å². The number of nitrogens with zero attached hydrogens (tertiary/aromatic N) is 3. The van der Waals surface area contributed by atoms with Crippen LogP contribution in [0.15, 0.2) is 10.9 Å². The average Bonchev–Trinajstić information content (AvgIpc) is 2.52. The van der Waals surface area contributed by atoms with Crippen LogP contribution in [-0.2, 0) is 6.54 Å². The Morgan fingerprint density at radius 3 is 3.12 bits per heavy atom. The van der Waals surface area contributed by atoms with Crippen molar-refractivity contribution in [1.29, 1.82) is 0 Å². The topological polar surface area (TPSA) is 38.1 Å². The Hall–Kier alpha value is -1.03. The normalized spacial score (nSPS) is 27.8. The number of hydrogen-bond acceptors (Lipinski definition) is 3. The van der Waals surface area contributed by atoms with E-state index in [1.165, 1.54) is 12.8 Å². The lowest BCUT2D eigenvalue weighted by atomic mass is 9.90. The lowest BCUT2D eigenvalue weighted by Gasteiger charge is -2.40. The van der Waals surface area contributed by atoms with Gasteiger partial charge in [0.15, 0.2) is 0 Å². The molecular weight excluding hydrogens is 226 g/mol. The Balaban J connectivity index is 2.17. The van der Waals surface area contributed by atoms with Crippen molar-refractivity contribution in [2.45, 2.75) is 38.3 Å². The van der Waals surface area contributed by atoms with Crippen molar-refractivity contribution in [3.8, 4) is 0 Å². The van der Waals surface area contributed by atoms with Gasteiger partial charge in [-0.3, -0.25) is 4.57 Å². The number of fused-ring (bicyclic) bond motifs is 3. The maximum atomic E-state index is 11.8. The molecule has 0 spiro atoms. The van der Waals surface area contributed by atoms with E-state index in [0.29, 0.717) is 5.15 Å². The molecule has 1 aromatic rings. The monoisotopic (exact) mass is 239 g/mol. The smallest absolute Gasteiger partial charge is 0.350 e. The van der Waals surface area contributed by atoms with Gasteiger partial charge in [-0.15, -0.1) is 0 Å². The summed E-state index contributed by atoms with van der Waals surface area (Å²) >= 11 is 5.85. The summed E-state index contributed by atoms with van der Waals surface area (Å²) in [6.07, 6.45) is 3.55. The summed E-state index contributed by atoms with van der Waals surface area (Å²) in [5.41, 5.74) is -0.144. The number of anilines is 1. The molecule has 3 rings (SSSR count). The van der Waals surface area contributed by atoms with Gasteiger partial charge in [-0.25, -0.2) is 4.79 Å². The van der Waals surface area contributed by atoms with Crippen LogP contribution in [0, 0.1) is 0 Å². The van der Waals surface area contributed by atoms with Crippen LogP contribution < -0.4 is 10.6 Å². The minimum Gasteiger partial charge on any atom is -0.351 e. The van der Waals surface area contributed by atoms with Crippen LogP contribution in [-0.4, -0.2) is 21.6 Å². The molecule has 0 amide bonds. The fourth-order valence-electron chi connectivity index (χ4n) is 2.92. The average molecular weight is 240 g/mol. The first-order chi connectivity index (χ1) is 7.60. The van der Waals surface area contributed by atoms with E-state index in [1.807, 2.05) is 0 Å². The second-order valence-electron chi connectivity index (χ2n) is 4.91. The maximum absolute atomic E-state index is 11.8. The molecule has 5 heteroatoms. The predicted octanol–water partition coefficient (Wildman–Crippen LogP) is 1.66. The molecular formula is C11H14ClN3O. The van der Waals surface area contributed by atoms with Crippen molar-refractivity contribution >= 4 is 17.4 Å². The zero-order chi connectivity index (χ0) is 11.3. The Morgan fingerprint density at radius 2 is 2.31 bits per heavy atom. The fourth-order valence-corrected chi connectivity index (χ4v) is 3.09. The summed E-state index contributed by atoms with van der Waals surface area (Å²) in [5, 5.41) is 0.297. The molecule has 2 aliphatic heterocycles. The molecule has 1 aromatic heterocycles. The van der Waals surface area contributed by atoms with Crippen LogP contribution in [0.1, 0.15) is 26.2 Å². The van der Waals surface area contributed by atoms with Gasteiger partial charge in [0, 0.05) is 12.6 Å². The van der Waals surface area contributed by atoms with Crippen molar-refractivity contribution in [3.05, 3.63) is 21.7 Å². The van der Waals surface area contributed by atoms with E-state index in [-0.39, 0.29) is 11.2 Å².